The van der Waals surface area contributed by atoms with Gasteiger partial charge in [-0.05, 0) is 86.8 Å². The summed E-state index contributed by atoms with van der Waals surface area (Å²) in [5.41, 5.74) is 5.89. The lowest BCUT2D eigenvalue weighted by Gasteiger charge is -2.30. The van der Waals surface area contributed by atoms with Crippen molar-refractivity contribution in [3.8, 4) is 0 Å². The number of rotatable bonds is 3. The second kappa shape index (κ2) is 8.87. The zero-order valence-electron chi connectivity index (χ0n) is 19.2. The van der Waals surface area contributed by atoms with Gasteiger partial charge in [-0.25, -0.2) is 0 Å². The van der Waals surface area contributed by atoms with Gasteiger partial charge in [-0.3, -0.25) is 14.5 Å². The number of aryl methyl sites for hydroxylation is 2. The second-order valence-corrected chi connectivity index (χ2v) is 10.0. The number of carbonyl (C=O) groups is 2. The summed E-state index contributed by atoms with van der Waals surface area (Å²) in [6.45, 7) is 5.30. The number of fused-ring (bicyclic) bond motifs is 3. The Morgan fingerprint density at radius 3 is 2.73 bits per heavy atom. The molecule has 0 spiro atoms. The smallest absolute Gasteiger partial charge is 0.239 e. The zero-order chi connectivity index (χ0) is 23.3. The minimum Gasteiger partial charge on any atom is -0.387 e. The molecule has 1 aliphatic carbocycles. The van der Waals surface area contributed by atoms with E-state index >= 15 is 0 Å². The van der Waals surface area contributed by atoms with E-state index < -0.39 is 23.2 Å². The summed E-state index contributed by atoms with van der Waals surface area (Å²) in [5, 5.41) is 14.0. The van der Waals surface area contributed by atoms with E-state index in [9.17, 15) is 14.7 Å². The van der Waals surface area contributed by atoms with Gasteiger partial charge in [0.2, 0.25) is 11.1 Å². The van der Waals surface area contributed by atoms with Crippen molar-refractivity contribution in [1.29, 1.82) is 0 Å². The molecule has 1 saturated heterocycles. The van der Waals surface area contributed by atoms with Gasteiger partial charge >= 0.3 is 0 Å². The number of halogens is 1. The molecular weight excluding hydrogens is 440 g/mol. The molecule has 3 aliphatic rings. The minimum atomic E-state index is -1.24. The SMILES string of the molecule is CN1CCCN(Cc2cc3cc4c(cc3n2C)CCCC2=C4NC(=O)C(C(=O)Cl)C2O)CC1. The van der Waals surface area contributed by atoms with Crippen LogP contribution in [0.2, 0.25) is 0 Å². The Hall–Kier alpha value is -2.19. The molecule has 2 atom stereocenters. The summed E-state index contributed by atoms with van der Waals surface area (Å²) in [6, 6.07) is 6.58. The molecule has 2 aliphatic heterocycles. The van der Waals surface area contributed by atoms with Gasteiger partial charge in [0.25, 0.3) is 0 Å². The molecule has 7 nitrogen and oxygen atoms in total. The minimum absolute atomic E-state index is 0.533. The van der Waals surface area contributed by atoms with E-state index in [4.69, 9.17) is 11.6 Å². The fourth-order valence-corrected chi connectivity index (χ4v) is 5.77. The average Bonchev–Trinajstić information content (AvgIpc) is 2.90. The molecule has 3 heterocycles. The Kier molecular flexibility index (Phi) is 6.07. The van der Waals surface area contributed by atoms with Crippen molar-refractivity contribution in [2.75, 3.05) is 33.2 Å². The standard InChI is InChI=1S/C25H31ClN4O3/c1-28-7-4-8-30(10-9-28)14-17-11-16-12-19-15(13-20(16)29(17)2)5-3-6-18-22(19)27-25(33)21(23(18)31)24(26)32/h11-13,21,23,31H,3-10,14H2,1-2H3,(H,27,33). The van der Waals surface area contributed by atoms with Crippen molar-refractivity contribution < 1.29 is 14.7 Å². The number of likely N-dealkylation sites (N-methyl/N-ethyl adjacent to an activating group) is 1. The molecule has 0 saturated carbocycles. The first-order valence-corrected chi connectivity index (χ1v) is 12.1. The lowest BCUT2D eigenvalue weighted by molar-refractivity contribution is -0.133. The summed E-state index contributed by atoms with van der Waals surface area (Å²) >= 11 is 5.62. The highest BCUT2D eigenvalue weighted by atomic mass is 35.5. The number of benzene rings is 1. The van der Waals surface area contributed by atoms with Crippen LogP contribution in [0, 0.1) is 5.92 Å². The molecule has 2 N–H and O–H groups in total. The number of aliphatic hydroxyl groups is 1. The molecule has 33 heavy (non-hydrogen) atoms. The maximum absolute atomic E-state index is 12.6. The van der Waals surface area contributed by atoms with Crippen LogP contribution in [-0.2, 0) is 29.6 Å². The van der Waals surface area contributed by atoms with E-state index in [2.05, 4.69) is 52.0 Å². The highest BCUT2D eigenvalue weighted by Gasteiger charge is 2.41. The van der Waals surface area contributed by atoms with Crippen LogP contribution < -0.4 is 5.32 Å². The van der Waals surface area contributed by atoms with Crippen molar-refractivity contribution >= 4 is 39.4 Å². The topological polar surface area (TPSA) is 77.8 Å². The molecule has 1 aromatic carbocycles. The Labute approximate surface area is 199 Å². The van der Waals surface area contributed by atoms with E-state index in [1.165, 1.54) is 17.6 Å². The fourth-order valence-electron chi connectivity index (χ4n) is 5.55. The van der Waals surface area contributed by atoms with Crippen LogP contribution in [0.25, 0.3) is 16.6 Å². The molecule has 5 rings (SSSR count). The average molecular weight is 471 g/mol. The lowest BCUT2D eigenvalue weighted by Crippen LogP contribution is -2.46. The largest absolute Gasteiger partial charge is 0.387 e. The molecule has 2 aromatic rings. The van der Waals surface area contributed by atoms with E-state index in [0.29, 0.717) is 17.7 Å². The molecule has 0 radical (unpaired) electrons. The van der Waals surface area contributed by atoms with Crippen molar-refractivity contribution in [2.45, 2.75) is 38.3 Å². The Bertz CT molecular complexity index is 1150. The highest BCUT2D eigenvalue weighted by molar-refractivity contribution is 6.65. The van der Waals surface area contributed by atoms with E-state index in [1.807, 2.05) is 0 Å². The normalized spacial score (nSPS) is 24.8. The first-order chi connectivity index (χ1) is 15.8. The monoisotopic (exact) mass is 470 g/mol. The van der Waals surface area contributed by atoms with Crippen molar-refractivity contribution in [1.82, 2.24) is 19.7 Å². The Morgan fingerprint density at radius 1 is 1.12 bits per heavy atom. The quantitative estimate of drug-likeness (QED) is 0.531. The van der Waals surface area contributed by atoms with E-state index in [-0.39, 0.29) is 0 Å². The van der Waals surface area contributed by atoms with Gasteiger partial charge in [0, 0.05) is 48.8 Å². The molecule has 2 unspecified atom stereocenters. The van der Waals surface area contributed by atoms with Crippen LogP contribution in [-0.4, -0.2) is 70.0 Å². The van der Waals surface area contributed by atoms with Crippen LogP contribution in [0.4, 0.5) is 0 Å². The maximum Gasteiger partial charge on any atom is 0.239 e. The molecule has 8 heteroatoms. The Balaban J connectivity index is 1.52. The Morgan fingerprint density at radius 2 is 1.94 bits per heavy atom. The van der Waals surface area contributed by atoms with Crippen LogP contribution in [0.15, 0.2) is 23.8 Å². The molecule has 1 fully saturated rings. The van der Waals surface area contributed by atoms with Crippen LogP contribution >= 0.6 is 11.6 Å². The van der Waals surface area contributed by atoms with Crippen molar-refractivity contribution in [3.05, 3.63) is 40.6 Å². The number of nitrogens with one attached hydrogen (secondary N) is 1. The van der Waals surface area contributed by atoms with Crippen molar-refractivity contribution in [2.24, 2.45) is 13.0 Å². The van der Waals surface area contributed by atoms with Gasteiger partial charge in [-0.2, -0.15) is 0 Å². The van der Waals surface area contributed by atoms with Crippen LogP contribution in [0.1, 0.15) is 36.1 Å². The number of hydrogen-bond donors (Lipinski definition) is 2. The van der Waals surface area contributed by atoms with Gasteiger partial charge in [-0.15, -0.1) is 0 Å². The number of aromatic nitrogens is 1. The van der Waals surface area contributed by atoms with Gasteiger partial charge in [0.1, 0.15) is 5.92 Å². The van der Waals surface area contributed by atoms with Gasteiger partial charge in [-0.1, -0.05) is 0 Å². The predicted octanol–water partition coefficient (Wildman–Crippen LogP) is 2.24. The third kappa shape index (κ3) is 4.12. The molecule has 1 amide bonds. The molecule has 1 aromatic heterocycles. The summed E-state index contributed by atoms with van der Waals surface area (Å²) in [7, 11) is 4.31. The van der Waals surface area contributed by atoms with Gasteiger partial charge in [0.05, 0.1) is 11.8 Å². The summed E-state index contributed by atoms with van der Waals surface area (Å²) in [4.78, 5) is 29.3. The summed E-state index contributed by atoms with van der Waals surface area (Å²) in [5.74, 6) is -1.78. The first-order valence-electron chi connectivity index (χ1n) is 11.8. The number of hydrogen-bond acceptors (Lipinski definition) is 5. The number of aliphatic hydroxyl groups excluding tert-OH is 1. The van der Waals surface area contributed by atoms with Gasteiger partial charge < -0.3 is 19.9 Å². The van der Waals surface area contributed by atoms with E-state index in [1.54, 1.807) is 0 Å². The molecule has 176 valence electrons. The van der Waals surface area contributed by atoms with Crippen LogP contribution in [0.3, 0.4) is 0 Å². The fraction of sp³-hybridized carbons (Fsp3) is 0.520. The second-order valence-electron chi connectivity index (χ2n) is 9.67. The summed E-state index contributed by atoms with van der Waals surface area (Å²) in [6.07, 6.45) is 2.31. The predicted molar refractivity (Wildman–Crippen MR) is 129 cm³/mol. The third-order valence-corrected chi connectivity index (χ3v) is 7.73. The van der Waals surface area contributed by atoms with Gasteiger partial charge in [0.15, 0.2) is 0 Å². The van der Waals surface area contributed by atoms with E-state index in [0.717, 1.165) is 62.1 Å². The number of nitrogens with zero attached hydrogens (tertiary/aromatic N) is 3. The zero-order valence-corrected chi connectivity index (χ0v) is 20.0. The van der Waals surface area contributed by atoms with Crippen molar-refractivity contribution in [3.63, 3.8) is 0 Å². The summed E-state index contributed by atoms with van der Waals surface area (Å²) < 4.78 is 2.28. The molecule has 0 bridgehead atoms. The number of carbonyl (C=O) groups excluding carboxylic acids is 2. The lowest BCUT2D eigenvalue weighted by atomic mass is 9.87. The first kappa shape index (κ1) is 22.6. The number of amides is 1. The van der Waals surface area contributed by atoms with Crippen LogP contribution in [0.5, 0.6) is 0 Å². The maximum atomic E-state index is 12.6. The highest BCUT2D eigenvalue weighted by Crippen LogP contribution is 2.38. The molecular formula is C25H31ClN4O3. The third-order valence-electron chi connectivity index (χ3n) is 7.50.